The molecule has 0 bridgehead atoms. The van der Waals surface area contributed by atoms with Crippen LogP contribution in [-0.4, -0.2) is 23.4 Å². The summed E-state index contributed by atoms with van der Waals surface area (Å²) in [6.07, 6.45) is 7.29. The Labute approximate surface area is 271 Å². The second kappa shape index (κ2) is 16.7. The molecule has 4 aromatic rings. The summed E-state index contributed by atoms with van der Waals surface area (Å²) in [5.41, 5.74) is 1.10. The van der Waals surface area contributed by atoms with Gasteiger partial charge in [-0.15, -0.1) is 11.8 Å². The van der Waals surface area contributed by atoms with Crippen molar-refractivity contribution < 1.29 is 32.2 Å². The lowest BCUT2D eigenvalue weighted by molar-refractivity contribution is -0.137. The summed E-state index contributed by atoms with van der Waals surface area (Å²) >= 11 is 1.20. The van der Waals surface area contributed by atoms with Gasteiger partial charge in [-0.05, 0) is 59.9 Å². The van der Waals surface area contributed by atoms with E-state index in [-0.39, 0.29) is 22.3 Å². The molecular weight excluding hydrogens is 613 g/mol. The molecule has 3 aromatic carbocycles. The zero-order valence-electron chi connectivity index (χ0n) is 26.0. The van der Waals surface area contributed by atoms with Gasteiger partial charge < -0.3 is 14.3 Å². The second-order valence-corrected chi connectivity index (χ2v) is 12.5. The van der Waals surface area contributed by atoms with Gasteiger partial charge in [0.2, 0.25) is 5.76 Å². The lowest BCUT2D eigenvalue weighted by atomic mass is 10.0. The van der Waals surface area contributed by atoms with Gasteiger partial charge in [-0.3, -0.25) is 4.79 Å². The molecule has 0 radical (unpaired) electrons. The number of carbonyl (C=O) groups is 1. The number of aliphatic hydroxyl groups excluding tert-OH is 1. The van der Waals surface area contributed by atoms with Crippen LogP contribution >= 0.6 is 11.8 Å². The highest BCUT2D eigenvalue weighted by molar-refractivity contribution is 8.00. The highest BCUT2D eigenvalue weighted by atomic mass is 32.2. The van der Waals surface area contributed by atoms with Crippen molar-refractivity contribution in [2.24, 2.45) is 0 Å². The first-order chi connectivity index (χ1) is 22.1. The third-order valence-electron chi connectivity index (χ3n) is 7.72. The molecule has 5 nitrogen and oxygen atoms in total. The summed E-state index contributed by atoms with van der Waals surface area (Å²) in [6.45, 7) is 2.21. The topological polar surface area (TPSA) is 76.7 Å². The number of aryl methyl sites for hydroxylation is 1. The summed E-state index contributed by atoms with van der Waals surface area (Å²) in [6, 6.07) is 18.6. The Kier molecular flexibility index (Phi) is 12.7. The number of alkyl halides is 3. The van der Waals surface area contributed by atoms with Crippen LogP contribution in [0, 0.1) is 0 Å². The third-order valence-corrected chi connectivity index (χ3v) is 8.94. The SMILES string of the molecule is CCCCCCCCCc1cccc(C=C[C@@H](Sc2ccc3c(=O)cc(C(=O)OC)oc3c2)[C@@H](O)c2cccc(C(F)(F)F)c2)c1. The van der Waals surface area contributed by atoms with Crippen molar-refractivity contribution in [3.05, 3.63) is 117 Å². The first-order valence-electron chi connectivity index (χ1n) is 15.5. The zero-order chi connectivity index (χ0) is 33.1. The molecule has 0 amide bonds. The summed E-state index contributed by atoms with van der Waals surface area (Å²) in [5, 5.41) is 10.9. The number of benzene rings is 3. The van der Waals surface area contributed by atoms with Crippen molar-refractivity contribution in [2.45, 2.75) is 80.7 Å². The van der Waals surface area contributed by atoms with Crippen molar-refractivity contribution in [1.29, 1.82) is 0 Å². The molecule has 1 N–H and O–H groups in total. The van der Waals surface area contributed by atoms with E-state index in [0.717, 1.165) is 36.6 Å². The van der Waals surface area contributed by atoms with Crippen LogP contribution in [0.2, 0.25) is 0 Å². The fourth-order valence-electron chi connectivity index (χ4n) is 5.21. The van der Waals surface area contributed by atoms with Crippen LogP contribution in [0.15, 0.2) is 93.0 Å². The van der Waals surface area contributed by atoms with Gasteiger partial charge in [-0.25, -0.2) is 4.79 Å². The largest absolute Gasteiger partial charge is 0.463 e. The Morgan fingerprint density at radius 3 is 2.43 bits per heavy atom. The number of ether oxygens (including phenoxy) is 1. The van der Waals surface area contributed by atoms with E-state index < -0.39 is 34.5 Å². The van der Waals surface area contributed by atoms with E-state index in [1.807, 2.05) is 18.2 Å². The predicted molar refractivity (Wildman–Crippen MR) is 177 cm³/mol. The average molecular weight is 653 g/mol. The minimum Gasteiger partial charge on any atom is -0.463 e. The maximum Gasteiger partial charge on any atom is 0.416 e. The lowest BCUT2D eigenvalue weighted by Gasteiger charge is -2.21. The molecule has 0 aliphatic carbocycles. The van der Waals surface area contributed by atoms with Gasteiger partial charge in [0, 0.05) is 11.0 Å². The molecule has 0 saturated heterocycles. The molecular formula is C37H39F3O5S. The molecule has 0 aliphatic rings. The summed E-state index contributed by atoms with van der Waals surface area (Å²) in [4.78, 5) is 25.1. The fourth-order valence-corrected chi connectivity index (χ4v) is 6.29. The molecule has 0 spiro atoms. The van der Waals surface area contributed by atoms with E-state index in [4.69, 9.17) is 4.42 Å². The van der Waals surface area contributed by atoms with E-state index >= 15 is 0 Å². The molecule has 0 saturated carbocycles. The molecule has 9 heteroatoms. The van der Waals surface area contributed by atoms with E-state index in [1.165, 1.54) is 75.1 Å². The lowest BCUT2D eigenvalue weighted by Crippen LogP contribution is -2.14. The van der Waals surface area contributed by atoms with Gasteiger partial charge in [0.1, 0.15) is 5.58 Å². The number of rotatable bonds is 15. The maximum atomic E-state index is 13.5. The number of esters is 1. The number of hydrogen-bond acceptors (Lipinski definition) is 6. The molecule has 46 heavy (non-hydrogen) atoms. The van der Waals surface area contributed by atoms with Gasteiger partial charge in [0.25, 0.3) is 0 Å². The highest BCUT2D eigenvalue weighted by Crippen LogP contribution is 2.37. The van der Waals surface area contributed by atoms with Crippen LogP contribution in [-0.2, 0) is 17.3 Å². The summed E-state index contributed by atoms with van der Waals surface area (Å²) < 4.78 is 50.8. The smallest absolute Gasteiger partial charge is 0.416 e. The van der Waals surface area contributed by atoms with Gasteiger partial charge in [-0.1, -0.05) is 94.0 Å². The molecule has 2 atom stereocenters. The predicted octanol–water partition coefficient (Wildman–Crippen LogP) is 9.80. The van der Waals surface area contributed by atoms with E-state index in [0.29, 0.717) is 4.90 Å². The number of methoxy groups -OCH3 is 1. The Morgan fingerprint density at radius 1 is 0.957 bits per heavy atom. The van der Waals surface area contributed by atoms with Crippen LogP contribution in [0.25, 0.3) is 17.0 Å². The van der Waals surface area contributed by atoms with Crippen LogP contribution in [0.5, 0.6) is 0 Å². The third kappa shape index (κ3) is 9.84. The minimum atomic E-state index is -4.56. The fraction of sp³-hybridized carbons (Fsp3) is 0.351. The number of aliphatic hydroxyl groups is 1. The van der Waals surface area contributed by atoms with Gasteiger partial charge in [0.05, 0.1) is 29.4 Å². The van der Waals surface area contributed by atoms with Crippen molar-refractivity contribution >= 4 is 34.8 Å². The zero-order valence-corrected chi connectivity index (χ0v) is 26.8. The minimum absolute atomic E-state index is 0.116. The monoisotopic (exact) mass is 652 g/mol. The molecule has 0 aliphatic heterocycles. The van der Waals surface area contributed by atoms with E-state index in [2.05, 4.69) is 23.8 Å². The number of halogens is 3. The van der Waals surface area contributed by atoms with Crippen molar-refractivity contribution in [1.82, 2.24) is 0 Å². The molecule has 1 heterocycles. The quantitative estimate of drug-likeness (QED) is 0.0783. The van der Waals surface area contributed by atoms with Gasteiger partial charge >= 0.3 is 12.1 Å². The standard InChI is InChI=1S/C37H39F3O5S/c1-3-4-5-6-7-8-9-12-25-13-10-14-26(21-25)17-20-34(35(42)27-15-11-16-28(22-27)37(38,39)40)46-29-18-19-30-31(41)24-33(36(43)44-2)45-32(30)23-29/h10-11,13-24,34-35,42H,3-9,12H2,1-2H3/t34-,35+/m1/s1. The van der Waals surface area contributed by atoms with Crippen molar-refractivity contribution in [3.8, 4) is 0 Å². The molecule has 244 valence electrons. The van der Waals surface area contributed by atoms with Crippen molar-refractivity contribution in [2.75, 3.05) is 7.11 Å². The van der Waals surface area contributed by atoms with E-state index in [9.17, 15) is 27.9 Å². The van der Waals surface area contributed by atoms with Crippen molar-refractivity contribution in [3.63, 3.8) is 0 Å². The Morgan fingerprint density at radius 2 is 1.70 bits per heavy atom. The number of fused-ring (bicyclic) bond motifs is 1. The van der Waals surface area contributed by atoms with Crippen LogP contribution in [0.1, 0.15) is 90.8 Å². The molecule has 1 aromatic heterocycles. The summed E-state index contributed by atoms with van der Waals surface area (Å²) in [5.74, 6) is -1.05. The van der Waals surface area contributed by atoms with Crippen LogP contribution in [0.4, 0.5) is 13.2 Å². The number of unbranched alkanes of at least 4 members (excludes halogenated alkanes) is 6. The van der Waals surface area contributed by atoms with E-state index in [1.54, 1.807) is 24.3 Å². The Hall–Kier alpha value is -3.82. The van der Waals surface area contributed by atoms with Crippen LogP contribution < -0.4 is 5.43 Å². The Balaban J connectivity index is 1.59. The average Bonchev–Trinajstić information content (AvgIpc) is 3.05. The first kappa shape index (κ1) is 35.0. The number of hydrogen-bond donors (Lipinski definition) is 1. The first-order valence-corrected chi connectivity index (χ1v) is 16.4. The van der Waals surface area contributed by atoms with Gasteiger partial charge in [-0.2, -0.15) is 13.2 Å². The molecule has 0 unspecified atom stereocenters. The number of carbonyl (C=O) groups excluding carboxylic acids is 1. The molecule has 4 rings (SSSR count). The van der Waals surface area contributed by atoms with Crippen LogP contribution in [0.3, 0.4) is 0 Å². The van der Waals surface area contributed by atoms with Gasteiger partial charge in [0.15, 0.2) is 5.43 Å². The summed E-state index contributed by atoms with van der Waals surface area (Å²) in [7, 11) is 1.18. The molecule has 0 fully saturated rings. The normalized spacial score (nSPS) is 13.3. The number of thioether (sulfide) groups is 1. The maximum absolute atomic E-state index is 13.5. The Bertz CT molecular complexity index is 1690. The second-order valence-electron chi connectivity index (χ2n) is 11.3. The highest BCUT2D eigenvalue weighted by Gasteiger charge is 2.31.